The van der Waals surface area contributed by atoms with E-state index in [1.807, 2.05) is 31.2 Å². The minimum atomic E-state index is -0.0865. The Bertz CT molecular complexity index is 551. The fourth-order valence-electron chi connectivity index (χ4n) is 1.47. The van der Waals surface area contributed by atoms with Crippen molar-refractivity contribution in [2.24, 2.45) is 0 Å². The van der Waals surface area contributed by atoms with Gasteiger partial charge in [-0.2, -0.15) is 0 Å². The van der Waals surface area contributed by atoms with Crippen LogP contribution < -0.4 is 5.32 Å². The van der Waals surface area contributed by atoms with Crippen molar-refractivity contribution in [2.45, 2.75) is 18.7 Å². The van der Waals surface area contributed by atoms with Gasteiger partial charge in [-0.15, -0.1) is 11.8 Å². The lowest BCUT2D eigenvalue weighted by Crippen LogP contribution is -2.14. The molecule has 1 heterocycles. The fourth-order valence-corrected chi connectivity index (χ4v) is 2.30. The Kier molecular flexibility index (Phi) is 4.04. The van der Waals surface area contributed by atoms with Crippen LogP contribution in [0.2, 0.25) is 0 Å². The second kappa shape index (κ2) is 5.73. The molecule has 5 heteroatoms. The number of rotatable bonds is 4. The summed E-state index contributed by atoms with van der Waals surface area (Å²) in [4.78, 5) is 12.8. The number of benzene rings is 1. The Morgan fingerprint density at radius 1 is 1.39 bits per heavy atom. The Morgan fingerprint density at radius 2 is 2.17 bits per heavy atom. The summed E-state index contributed by atoms with van der Waals surface area (Å²) in [5, 5.41) is 6.40. The Balaban J connectivity index is 1.87. The molecule has 0 unspecified atom stereocenters. The minimum absolute atomic E-state index is 0.0865. The van der Waals surface area contributed by atoms with Crippen LogP contribution in [0.3, 0.4) is 0 Å². The number of aromatic nitrogens is 1. The first-order valence-electron chi connectivity index (χ1n) is 5.57. The van der Waals surface area contributed by atoms with Crippen molar-refractivity contribution in [2.75, 3.05) is 11.1 Å². The molecule has 1 aromatic heterocycles. The van der Waals surface area contributed by atoms with Crippen LogP contribution in [-0.4, -0.2) is 16.8 Å². The molecule has 2 aromatic rings. The summed E-state index contributed by atoms with van der Waals surface area (Å²) in [6, 6.07) is 9.68. The van der Waals surface area contributed by atoms with Crippen LogP contribution in [0.4, 0.5) is 5.82 Å². The van der Waals surface area contributed by atoms with Gasteiger partial charge in [0.05, 0.1) is 5.75 Å². The highest BCUT2D eigenvalue weighted by Crippen LogP contribution is 2.21. The lowest BCUT2D eigenvalue weighted by molar-refractivity contribution is -0.113. The molecule has 0 saturated carbocycles. The number of amides is 1. The molecule has 94 valence electrons. The third kappa shape index (κ3) is 3.37. The maximum absolute atomic E-state index is 11.7. The van der Waals surface area contributed by atoms with E-state index in [1.54, 1.807) is 13.0 Å². The molecule has 4 nitrogen and oxygen atoms in total. The van der Waals surface area contributed by atoms with E-state index in [-0.39, 0.29) is 5.91 Å². The minimum Gasteiger partial charge on any atom is -0.360 e. The third-order valence-electron chi connectivity index (χ3n) is 2.35. The van der Waals surface area contributed by atoms with Crippen LogP contribution in [-0.2, 0) is 4.79 Å². The smallest absolute Gasteiger partial charge is 0.235 e. The van der Waals surface area contributed by atoms with Gasteiger partial charge in [-0.25, -0.2) is 0 Å². The van der Waals surface area contributed by atoms with Crippen LogP contribution in [0, 0.1) is 13.8 Å². The number of aryl methyl sites for hydroxylation is 2. The molecule has 0 fully saturated rings. The lowest BCUT2D eigenvalue weighted by atomic mass is 10.2. The highest BCUT2D eigenvalue weighted by molar-refractivity contribution is 8.00. The molecule has 0 saturated heterocycles. The normalized spacial score (nSPS) is 10.3. The number of anilines is 1. The van der Waals surface area contributed by atoms with Gasteiger partial charge >= 0.3 is 0 Å². The number of nitrogens with one attached hydrogen (secondary N) is 1. The van der Waals surface area contributed by atoms with Crippen molar-refractivity contribution in [3.63, 3.8) is 0 Å². The van der Waals surface area contributed by atoms with E-state index in [1.165, 1.54) is 17.3 Å². The van der Waals surface area contributed by atoms with E-state index < -0.39 is 0 Å². The van der Waals surface area contributed by atoms with E-state index in [2.05, 4.69) is 10.5 Å². The largest absolute Gasteiger partial charge is 0.360 e. The van der Waals surface area contributed by atoms with Crippen molar-refractivity contribution in [3.8, 4) is 0 Å². The predicted molar refractivity (Wildman–Crippen MR) is 71.8 cm³/mol. The number of nitrogens with zero attached hydrogens (tertiary/aromatic N) is 1. The third-order valence-corrected chi connectivity index (χ3v) is 3.52. The number of carbonyl (C=O) groups is 1. The zero-order chi connectivity index (χ0) is 13.0. The zero-order valence-electron chi connectivity index (χ0n) is 10.3. The molecule has 0 radical (unpaired) electrons. The second-order valence-corrected chi connectivity index (χ2v) is 4.94. The van der Waals surface area contributed by atoms with E-state index in [9.17, 15) is 4.79 Å². The Hall–Kier alpha value is -1.75. The van der Waals surface area contributed by atoms with Crippen molar-refractivity contribution in [3.05, 3.63) is 41.7 Å². The topological polar surface area (TPSA) is 55.1 Å². The average molecular weight is 262 g/mol. The van der Waals surface area contributed by atoms with Crippen molar-refractivity contribution in [1.29, 1.82) is 0 Å². The molecule has 1 N–H and O–H groups in total. The molecule has 0 aliphatic rings. The molecule has 0 bridgehead atoms. The lowest BCUT2D eigenvalue weighted by Gasteiger charge is -2.04. The van der Waals surface area contributed by atoms with E-state index in [0.717, 1.165) is 4.90 Å². The Labute approximate surface area is 110 Å². The van der Waals surface area contributed by atoms with Crippen LogP contribution in [0.25, 0.3) is 0 Å². The SMILES string of the molecule is Cc1cc(NC(=O)CSc2ccccc2C)no1. The summed E-state index contributed by atoms with van der Waals surface area (Å²) in [6.07, 6.45) is 0. The molecule has 18 heavy (non-hydrogen) atoms. The average Bonchev–Trinajstić information content (AvgIpc) is 2.74. The van der Waals surface area contributed by atoms with Crippen molar-refractivity contribution in [1.82, 2.24) is 5.16 Å². The van der Waals surface area contributed by atoms with Gasteiger partial charge in [-0.1, -0.05) is 23.4 Å². The van der Waals surface area contributed by atoms with Crippen molar-refractivity contribution >= 4 is 23.5 Å². The van der Waals surface area contributed by atoms with Gasteiger partial charge in [0.2, 0.25) is 5.91 Å². The van der Waals surface area contributed by atoms with Crippen LogP contribution in [0.5, 0.6) is 0 Å². The molecule has 1 amide bonds. The predicted octanol–water partition coefficient (Wildman–Crippen LogP) is 3.02. The van der Waals surface area contributed by atoms with Crippen LogP contribution in [0.1, 0.15) is 11.3 Å². The van der Waals surface area contributed by atoms with Crippen LogP contribution >= 0.6 is 11.8 Å². The summed E-state index contributed by atoms with van der Waals surface area (Å²) in [5.41, 5.74) is 1.17. The molecule has 1 aromatic carbocycles. The number of hydrogen-bond acceptors (Lipinski definition) is 4. The number of thioether (sulfide) groups is 1. The summed E-state index contributed by atoms with van der Waals surface area (Å²) < 4.78 is 4.88. The van der Waals surface area contributed by atoms with Gasteiger partial charge in [0.15, 0.2) is 5.82 Å². The van der Waals surface area contributed by atoms with Gasteiger partial charge in [-0.3, -0.25) is 4.79 Å². The van der Waals surface area contributed by atoms with Gasteiger partial charge in [-0.05, 0) is 25.5 Å². The van der Waals surface area contributed by atoms with Gasteiger partial charge < -0.3 is 9.84 Å². The summed E-state index contributed by atoms with van der Waals surface area (Å²) >= 11 is 1.51. The quantitative estimate of drug-likeness (QED) is 0.860. The highest BCUT2D eigenvalue weighted by atomic mass is 32.2. The molecule has 0 spiro atoms. The Morgan fingerprint density at radius 3 is 2.83 bits per heavy atom. The van der Waals surface area contributed by atoms with Gasteiger partial charge in [0.25, 0.3) is 0 Å². The number of hydrogen-bond donors (Lipinski definition) is 1. The van der Waals surface area contributed by atoms with E-state index >= 15 is 0 Å². The standard InChI is InChI=1S/C13H14N2O2S/c1-9-5-3-4-6-11(9)18-8-13(16)14-12-7-10(2)17-15-12/h3-7H,8H2,1-2H3,(H,14,15,16). The van der Waals surface area contributed by atoms with Crippen LogP contribution in [0.15, 0.2) is 39.8 Å². The van der Waals surface area contributed by atoms with Crippen molar-refractivity contribution < 1.29 is 9.32 Å². The first-order valence-corrected chi connectivity index (χ1v) is 6.55. The molecular formula is C13H14N2O2S. The molecule has 0 aliphatic carbocycles. The van der Waals surface area contributed by atoms with Gasteiger partial charge in [0, 0.05) is 11.0 Å². The fraction of sp³-hybridized carbons (Fsp3) is 0.231. The van der Waals surface area contributed by atoms with E-state index in [0.29, 0.717) is 17.3 Å². The van der Waals surface area contributed by atoms with E-state index in [4.69, 9.17) is 4.52 Å². The first-order chi connectivity index (χ1) is 8.65. The summed E-state index contributed by atoms with van der Waals surface area (Å²) in [6.45, 7) is 3.81. The monoisotopic (exact) mass is 262 g/mol. The summed E-state index contributed by atoms with van der Waals surface area (Å²) in [7, 11) is 0. The van der Waals surface area contributed by atoms with Gasteiger partial charge in [0.1, 0.15) is 5.76 Å². The molecular weight excluding hydrogens is 248 g/mol. The maximum Gasteiger partial charge on any atom is 0.235 e. The molecule has 2 rings (SSSR count). The molecule has 0 aliphatic heterocycles. The first kappa shape index (κ1) is 12.7. The second-order valence-electron chi connectivity index (χ2n) is 3.93. The molecule has 0 atom stereocenters. The maximum atomic E-state index is 11.7. The number of carbonyl (C=O) groups excluding carboxylic acids is 1. The zero-order valence-corrected chi connectivity index (χ0v) is 11.1. The highest BCUT2D eigenvalue weighted by Gasteiger charge is 2.07. The summed E-state index contributed by atoms with van der Waals surface area (Å²) in [5.74, 6) is 1.41.